The number of piperazine rings is 1. The molecule has 0 amide bonds. The summed E-state index contributed by atoms with van der Waals surface area (Å²) in [5, 5.41) is 3.41. The fraction of sp³-hybridized carbons (Fsp3) is 0.316. The zero-order valence-corrected chi connectivity index (χ0v) is 14.5. The van der Waals surface area contributed by atoms with Gasteiger partial charge in [-0.25, -0.2) is 4.98 Å². The Morgan fingerprint density at radius 1 is 1.04 bits per heavy atom. The van der Waals surface area contributed by atoms with Crippen LogP contribution in [0, 0.1) is 0 Å². The standard InChI is InChI=1S/C18H19BrN4.CH4/c19-15-6-4-14(5-7-15)18-16(13-22-11-8-20-9-12-22)23-10-2-1-3-17(23)21-18;/h1-7,10,20H,8-9,11-13H2;1H4. The molecule has 0 unspecified atom stereocenters. The highest BCUT2D eigenvalue weighted by Gasteiger charge is 2.18. The second kappa shape index (κ2) is 7.47. The topological polar surface area (TPSA) is 32.6 Å². The summed E-state index contributed by atoms with van der Waals surface area (Å²) in [6.07, 6.45) is 2.11. The highest BCUT2D eigenvalue weighted by molar-refractivity contribution is 9.10. The number of benzene rings is 1. The fourth-order valence-electron chi connectivity index (χ4n) is 3.12. The van der Waals surface area contributed by atoms with Crippen LogP contribution in [0.5, 0.6) is 0 Å². The van der Waals surface area contributed by atoms with Crippen LogP contribution in [0.2, 0.25) is 0 Å². The first-order valence-electron chi connectivity index (χ1n) is 7.96. The second-order valence-corrected chi connectivity index (χ2v) is 6.78. The van der Waals surface area contributed by atoms with Crippen LogP contribution in [0.25, 0.3) is 16.9 Å². The fourth-order valence-corrected chi connectivity index (χ4v) is 3.38. The van der Waals surface area contributed by atoms with Gasteiger partial charge in [0.1, 0.15) is 5.65 Å². The van der Waals surface area contributed by atoms with E-state index >= 15 is 0 Å². The van der Waals surface area contributed by atoms with Crippen LogP contribution >= 0.6 is 15.9 Å². The van der Waals surface area contributed by atoms with E-state index in [1.807, 2.05) is 6.07 Å². The number of rotatable bonds is 3. The van der Waals surface area contributed by atoms with Crippen molar-refractivity contribution in [3.63, 3.8) is 0 Å². The predicted molar refractivity (Wildman–Crippen MR) is 103 cm³/mol. The van der Waals surface area contributed by atoms with Crippen molar-refractivity contribution in [2.75, 3.05) is 26.2 Å². The molecule has 4 nitrogen and oxygen atoms in total. The molecule has 0 atom stereocenters. The molecule has 0 saturated carbocycles. The lowest BCUT2D eigenvalue weighted by Gasteiger charge is -2.27. The van der Waals surface area contributed by atoms with Gasteiger partial charge in [0.15, 0.2) is 0 Å². The first kappa shape index (κ1) is 17.1. The van der Waals surface area contributed by atoms with Crippen LogP contribution in [0.15, 0.2) is 53.1 Å². The Hall–Kier alpha value is -1.69. The lowest BCUT2D eigenvalue weighted by molar-refractivity contribution is 0.230. The van der Waals surface area contributed by atoms with Crippen molar-refractivity contribution in [1.29, 1.82) is 0 Å². The van der Waals surface area contributed by atoms with E-state index in [0.717, 1.165) is 48.5 Å². The third-order valence-electron chi connectivity index (χ3n) is 4.33. The lowest BCUT2D eigenvalue weighted by atomic mass is 10.1. The molecule has 24 heavy (non-hydrogen) atoms. The summed E-state index contributed by atoms with van der Waals surface area (Å²) in [6, 6.07) is 14.6. The van der Waals surface area contributed by atoms with Gasteiger partial charge in [0.05, 0.1) is 11.4 Å². The molecule has 0 aliphatic carbocycles. The van der Waals surface area contributed by atoms with Gasteiger partial charge in [-0.05, 0) is 24.3 Å². The molecule has 0 radical (unpaired) electrons. The van der Waals surface area contributed by atoms with Gasteiger partial charge >= 0.3 is 0 Å². The number of halogens is 1. The molecule has 3 aromatic rings. The van der Waals surface area contributed by atoms with E-state index < -0.39 is 0 Å². The number of imidazole rings is 1. The minimum atomic E-state index is 0. The number of aromatic nitrogens is 2. The van der Waals surface area contributed by atoms with Crippen molar-refractivity contribution in [1.82, 2.24) is 19.6 Å². The molecule has 2 aromatic heterocycles. The van der Waals surface area contributed by atoms with Crippen LogP contribution in [-0.4, -0.2) is 40.5 Å². The molecule has 0 bridgehead atoms. The van der Waals surface area contributed by atoms with Gasteiger partial charge in [-0.2, -0.15) is 0 Å². The van der Waals surface area contributed by atoms with Gasteiger partial charge in [-0.15, -0.1) is 0 Å². The average Bonchev–Trinajstić information content (AvgIpc) is 2.95. The average molecular weight is 387 g/mol. The van der Waals surface area contributed by atoms with E-state index in [0.29, 0.717) is 0 Å². The molecule has 126 valence electrons. The lowest BCUT2D eigenvalue weighted by Crippen LogP contribution is -2.43. The van der Waals surface area contributed by atoms with Gasteiger partial charge in [0.25, 0.3) is 0 Å². The van der Waals surface area contributed by atoms with Crippen LogP contribution in [0.3, 0.4) is 0 Å². The van der Waals surface area contributed by atoms with E-state index in [1.54, 1.807) is 0 Å². The molecular formula is C19H23BrN4. The van der Waals surface area contributed by atoms with Crippen LogP contribution in [0.4, 0.5) is 0 Å². The molecule has 1 fully saturated rings. The number of pyridine rings is 1. The van der Waals surface area contributed by atoms with Crippen molar-refractivity contribution in [3.8, 4) is 11.3 Å². The Bertz CT molecular complexity index is 804. The number of nitrogens with zero attached hydrogens (tertiary/aromatic N) is 3. The molecule has 3 heterocycles. The first-order valence-corrected chi connectivity index (χ1v) is 8.75. The van der Waals surface area contributed by atoms with E-state index in [2.05, 4.69) is 73.1 Å². The van der Waals surface area contributed by atoms with E-state index in [-0.39, 0.29) is 7.43 Å². The maximum Gasteiger partial charge on any atom is 0.137 e. The summed E-state index contributed by atoms with van der Waals surface area (Å²) >= 11 is 3.51. The SMILES string of the molecule is Brc1ccc(-c2nc3ccccn3c2CN2CCNCC2)cc1.C. The van der Waals surface area contributed by atoms with Crippen LogP contribution < -0.4 is 5.32 Å². The molecule has 1 aliphatic rings. The summed E-state index contributed by atoms with van der Waals surface area (Å²) in [4.78, 5) is 7.38. The Morgan fingerprint density at radius 2 is 1.79 bits per heavy atom. The zero-order valence-electron chi connectivity index (χ0n) is 12.9. The number of hydrogen-bond donors (Lipinski definition) is 1. The highest BCUT2D eigenvalue weighted by atomic mass is 79.9. The number of fused-ring (bicyclic) bond motifs is 1. The molecule has 1 N–H and O–H groups in total. The van der Waals surface area contributed by atoms with E-state index in [1.165, 1.54) is 11.3 Å². The van der Waals surface area contributed by atoms with E-state index in [9.17, 15) is 0 Å². The smallest absolute Gasteiger partial charge is 0.137 e. The maximum atomic E-state index is 4.88. The Labute approximate surface area is 151 Å². The number of nitrogens with one attached hydrogen (secondary N) is 1. The molecule has 0 spiro atoms. The first-order chi connectivity index (χ1) is 11.3. The molecule has 1 saturated heterocycles. The van der Waals surface area contributed by atoms with E-state index in [4.69, 9.17) is 4.98 Å². The largest absolute Gasteiger partial charge is 0.314 e. The van der Waals surface area contributed by atoms with Crippen molar-refractivity contribution >= 4 is 21.6 Å². The third kappa shape index (κ3) is 3.38. The van der Waals surface area contributed by atoms with Gasteiger partial charge in [0.2, 0.25) is 0 Å². The summed E-state index contributed by atoms with van der Waals surface area (Å²) in [5.74, 6) is 0. The maximum absolute atomic E-state index is 4.88. The minimum Gasteiger partial charge on any atom is -0.314 e. The predicted octanol–water partition coefficient (Wildman–Crippen LogP) is 3.81. The van der Waals surface area contributed by atoms with Crippen molar-refractivity contribution in [2.45, 2.75) is 14.0 Å². The normalized spacial score (nSPS) is 15.4. The monoisotopic (exact) mass is 386 g/mol. The molecule has 4 rings (SSSR count). The number of hydrogen-bond acceptors (Lipinski definition) is 3. The van der Waals surface area contributed by atoms with Gasteiger partial charge in [-0.1, -0.05) is 41.6 Å². The molecule has 5 heteroatoms. The summed E-state index contributed by atoms with van der Waals surface area (Å²) < 4.78 is 3.31. The van der Waals surface area contributed by atoms with Gasteiger partial charge < -0.3 is 9.72 Å². The summed E-state index contributed by atoms with van der Waals surface area (Å²) in [7, 11) is 0. The van der Waals surface area contributed by atoms with Gasteiger partial charge in [0, 0.05) is 49.0 Å². The van der Waals surface area contributed by atoms with Crippen molar-refractivity contribution in [3.05, 3.63) is 58.8 Å². The van der Waals surface area contributed by atoms with Crippen molar-refractivity contribution in [2.24, 2.45) is 0 Å². The van der Waals surface area contributed by atoms with Crippen molar-refractivity contribution < 1.29 is 0 Å². The minimum absolute atomic E-state index is 0. The van der Waals surface area contributed by atoms with Crippen LogP contribution in [-0.2, 0) is 6.54 Å². The molecule has 1 aromatic carbocycles. The Morgan fingerprint density at radius 3 is 2.54 bits per heavy atom. The Kier molecular flexibility index (Phi) is 5.33. The molecule has 1 aliphatic heterocycles. The van der Waals surface area contributed by atoms with Gasteiger partial charge in [-0.3, -0.25) is 4.90 Å². The zero-order chi connectivity index (χ0) is 15.6. The summed E-state index contributed by atoms with van der Waals surface area (Å²) in [6.45, 7) is 5.21. The Balaban J connectivity index is 0.00000169. The van der Waals surface area contributed by atoms with Crippen LogP contribution in [0.1, 0.15) is 13.1 Å². The summed E-state index contributed by atoms with van der Waals surface area (Å²) in [5.41, 5.74) is 4.53. The quantitative estimate of drug-likeness (QED) is 0.742. The highest BCUT2D eigenvalue weighted by Crippen LogP contribution is 2.27. The second-order valence-electron chi connectivity index (χ2n) is 5.87. The molecular weight excluding hydrogens is 364 g/mol. The third-order valence-corrected chi connectivity index (χ3v) is 4.86.